The third-order valence-electron chi connectivity index (χ3n) is 2.52. The van der Waals surface area contributed by atoms with Crippen molar-refractivity contribution in [2.75, 3.05) is 5.73 Å². The van der Waals surface area contributed by atoms with Crippen LogP contribution in [0.15, 0.2) is 28.2 Å². The molecule has 3 aromatic rings. The molecule has 0 radical (unpaired) electrons. The average molecular weight is 344 g/mol. The molecule has 0 saturated carbocycles. The second kappa shape index (κ2) is 4.53. The molecule has 92 valence electrons. The van der Waals surface area contributed by atoms with Crippen molar-refractivity contribution in [3.05, 3.63) is 38.1 Å². The molecule has 2 N–H and O–H groups in total. The standard InChI is InChI=1S/C11H8BrClN4S/c12-9-2-1-7(18-9)5-17-10-8(16-11(17)14)3-6(13)4-15-10/h1-4H,5H2,(H2,14,16). The molecule has 0 unspecified atom stereocenters. The van der Waals surface area contributed by atoms with E-state index in [9.17, 15) is 0 Å². The van der Waals surface area contributed by atoms with Crippen molar-refractivity contribution >= 4 is 56.0 Å². The minimum Gasteiger partial charge on any atom is -0.369 e. The average Bonchev–Trinajstić information content (AvgIpc) is 2.84. The summed E-state index contributed by atoms with van der Waals surface area (Å²) in [5.74, 6) is 0.448. The second-order valence-corrected chi connectivity index (χ2v) is 6.74. The Kier molecular flexibility index (Phi) is 3.01. The minimum atomic E-state index is 0.448. The van der Waals surface area contributed by atoms with Crippen molar-refractivity contribution in [1.29, 1.82) is 0 Å². The molecular formula is C11H8BrClN4S. The molecule has 0 fully saturated rings. The first kappa shape index (κ1) is 12.0. The Bertz CT molecular complexity index is 721. The summed E-state index contributed by atoms with van der Waals surface area (Å²) in [6.07, 6.45) is 1.60. The van der Waals surface area contributed by atoms with Crippen molar-refractivity contribution in [1.82, 2.24) is 14.5 Å². The number of nitrogens with zero attached hydrogens (tertiary/aromatic N) is 3. The summed E-state index contributed by atoms with van der Waals surface area (Å²) >= 11 is 11.0. The first-order valence-corrected chi connectivity index (χ1v) is 7.14. The van der Waals surface area contributed by atoms with Crippen molar-refractivity contribution in [3.63, 3.8) is 0 Å². The van der Waals surface area contributed by atoms with E-state index >= 15 is 0 Å². The number of imidazole rings is 1. The first-order chi connectivity index (χ1) is 8.63. The molecule has 0 bridgehead atoms. The maximum absolute atomic E-state index is 5.92. The van der Waals surface area contributed by atoms with Gasteiger partial charge in [0.25, 0.3) is 0 Å². The summed E-state index contributed by atoms with van der Waals surface area (Å²) in [5, 5.41) is 0.561. The molecule has 0 amide bonds. The first-order valence-electron chi connectivity index (χ1n) is 5.15. The number of pyridine rings is 1. The summed E-state index contributed by atoms with van der Waals surface area (Å²) < 4.78 is 2.97. The van der Waals surface area contributed by atoms with Crippen LogP contribution in [0.4, 0.5) is 5.95 Å². The molecule has 0 atom stereocenters. The number of hydrogen-bond acceptors (Lipinski definition) is 4. The number of nitrogens with two attached hydrogens (primary N) is 1. The van der Waals surface area contributed by atoms with Crippen molar-refractivity contribution < 1.29 is 0 Å². The van der Waals surface area contributed by atoms with E-state index in [0.29, 0.717) is 17.5 Å². The highest BCUT2D eigenvalue weighted by atomic mass is 79.9. The smallest absolute Gasteiger partial charge is 0.202 e. The van der Waals surface area contributed by atoms with E-state index in [2.05, 4.69) is 32.0 Å². The molecule has 3 aromatic heterocycles. The van der Waals surface area contributed by atoms with E-state index in [-0.39, 0.29) is 0 Å². The van der Waals surface area contributed by atoms with Crippen molar-refractivity contribution in [2.24, 2.45) is 0 Å². The fraction of sp³-hybridized carbons (Fsp3) is 0.0909. The molecule has 0 saturated heterocycles. The molecule has 0 aliphatic carbocycles. The summed E-state index contributed by atoms with van der Waals surface area (Å²) in [5.41, 5.74) is 7.39. The maximum atomic E-state index is 5.92. The van der Waals surface area contributed by atoms with Crippen molar-refractivity contribution in [3.8, 4) is 0 Å². The predicted octanol–water partition coefficient (Wildman–Crippen LogP) is 3.54. The van der Waals surface area contributed by atoms with E-state index < -0.39 is 0 Å². The van der Waals surface area contributed by atoms with E-state index in [4.69, 9.17) is 17.3 Å². The lowest BCUT2D eigenvalue weighted by atomic mass is 10.4. The van der Waals surface area contributed by atoms with Gasteiger partial charge in [-0.2, -0.15) is 0 Å². The molecule has 3 rings (SSSR count). The van der Waals surface area contributed by atoms with Gasteiger partial charge in [-0.1, -0.05) is 11.6 Å². The number of rotatable bonds is 2. The lowest BCUT2D eigenvalue weighted by Gasteiger charge is -2.03. The van der Waals surface area contributed by atoms with E-state index in [0.717, 1.165) is 15.0 Å². The van der Waals surface area contributed by atoms with Crippen LogP contribution < -0.4 is 5.73 Å². The van der Waals surface area contributed by atoms with Crippen LogP contribution in [0.2, 0.25) is 5.02 Å². The van der Waals surface area contributed by atoms with E-state index in [1.807, 2.05) is 10.6 Å². The number of anilines is 1. The van der Waals surface area contributed by atoms with Crippen molar-refractivity contribution in [2.45, 2.75) is 6.54 Å². The van der Waals surface area contributed by atoms with E-state index in [1.54, 1.807) is 23.6 Å². The Morgan fingerprint density at radius 2 is 2.28 bits per heavy atom. The largest absolute Gasteiger partial charge is 0.369 e. The molecule has 0 aromatic carbocycles. The van der Waals surface area contributed by atoms with Gasteiger partial charge in [-0.3, -0.25) is 4.57 Å². The van der Waals surface area contributed by atoms with Gasteiger partial charge in [0.05, 0.1) is 15.4 Å². The third kappa shape index (κ3) is 2.11. The highest BCUT2D eigenvalue weighted by Gasteiger charge is 2.11. The lowest BCUT2D eigenvalue weighted by molar-refractivity contribution is 0.841. The number of thiophene rings is 1. The SMILES string of the molecule is Nc1nc2cc(Cl)cnc2n1Cc1ccc(Br)s1. The summed E-state index contributed by atoms with van der Waals surface area (Å²) in [7, 11) is 0. The quantitative estimate of drug-likeness (QED) is 0.774. The molecule has 0 aliphatic rings. The van der Waals surface area contributed by atoms with Gasteiger partial charge >= 0.3 is 0 Å². The zero-order valence-electron chi connectivity index (χ0n) is 9.10. The zero-order chi connectivity index (χ0) is 12.7. The van der Waals surface area contributed by atoms with Crippen LogP contribution in [0.25, 0.3) is 11.2 Å². The van der Waals surface area contributed by atoms with Gasteiger partial charge in [-0.05, 0) is 34.1 Å². The highest BCUT2D eigenvalue weighted by Crippen LogP contribution is 2.25. The maximum Gasteiger partial charge on any atom is 0.202 e. The van der Waals surface area contributed by atoms with Gasteiger partial charge in [0.2, 0.25) is 5.95 Å². The summed E-state index contributed by atoms with van der Waals surface area (Å²) in [6.45, 7) is 0.660. The number of aromatic nitrogens is 3. The van der Waals surface area contributed by atoms with Crippen LogP contribution in [-0.4, -0.2) is 14.5 Å². The van der Waals surface area contributed by atoms with Gasteiger partial charge in [0.1, 0.15) is 5.52 Å². The van der Waals surface area contributed by atoms with Gasteiger partial charge in [0, 0.05) is 11.1 Å². The monoisotopic (exact) mass is 342 g/mol. The molecule has 0 aliphatic heterocycles. The zero-order valence-corrected chi connectivity index (χ0v) is 12.3. The minimum absolute atomic E-state index is 0.448. The number of fused-ring (bicyclic) bond motifs is 1. The Morgan fingerprint density at radius 1 is 1.44 bits per heavy atom. The van der Waals surface area contributed by atoms with Crippen LogP contribution in [0.1, 0.15) is 4.88 Å². The molecule has 0 spiro atoms. The van der Waals surface area contributed by atoms with Gasteiger partial charge < -0.3 is 5.73 Å². The molecular weight excluding hydrogens is 336 g/mol. The van der Waals surface area contributed by atoms with Crippen LogP contribution in [0.5, 0.6) is 0 Å². The Labute approximate surface area is 121 Å². The molecule has 7 heteroatoms. The second-order valence-electron chi connectivity index (χ2n) is 3.76. The molecule has 3 heterocycles. The fourth-order valence-electron chi connectivity index (χ4n) is 1.75. The van der Waals surface area contributed by atoms with Gasteiger partial charge in [0.15, 0.2) is 5.65 Å². The van der Waals surface area contributed by atoms with Crippen LogP contribution >= 0.6 is 38.9 Å². The summed E-state index contributed by atoms with van der Waals surface area (Å²) in [6, 6.07) is 5.83. The predicted molar refractivity (Wildman–Crippen MR) is 78.1 cm³/mol. The summed E-state index contributed by atoms with van der Waals surface area (Å²) in [4.78, 5) is 9.73. The molecule has 18 heavy (non-hydrogen) atoms. The normalized spacial score (nSPS) is 11.2. The highest BCUT2D eigenvalue weighted by molar-refractivity contribution is 9.11. The third-order valence-corrected chi connectivity index (χ3v) is 4.34. The van der Waals surface area contributed by atoms with Crippen LogP contribution in [-0.2, 0) is 6.54 Å². The topological polar surface area (TPSA) is 56.7 Å². The Hall–Kier alpha value is -1.11. The van der Waals surface area contributed by atoms with Gasteiger partial charge in [-0.15, -0.1) is 11.3 Å². The van der Waals surface area contributed by atoms with E-state index in [1.165, 1.54) is 4.88 Å². The number of halogens is 2. The Balaban J connectivity index is 2.08. The van der Waals surface area contributed by atoms with Crippen LogP contribution in [0, 0.1) is 0 Å². The van der Waals surface area contributed by atoms with Gasteiger partial charge in [-0.25, -0.2) is 9.97 Å². The fourth-order valence-corrected chi connectivity index (χ4v) is 3.38. The Morgan fingerprint density at radius 3 is 3.00 bits per heavy atom. The number of nitrogen functional groups attached to an aromatic ring is 1. The van der Waals surface area contributed by atoms with Crippen LogP contribution in [0.3, 0.4) is 0 Å². The molecule has 4 nitrogen and oxygen atoms in total. The number of hydrogen-bond donors (Lipinski definition) is 1. The lowest BCUT2D eigenvalue weighted by Crippen LogP contribution is -2.04.